The van der Waals surface area contributed by atoms with Gasteiger partial charge in [-0.25, -0.2) is 0 Å². The van der Waals surface area contributed by atoms with Gasteiger partial charge in [-0.1, -0.05) is 90.9 Å². The van der Waals surface area contributed by atoms with E-state index in [2.05, 4.69) is 13.8 Å². The molecule has 0 heterocycles. The van der Waals surface area contributed by atoms with E-state index in [1.54, 1.807) is 70.6 Å². The summed E-state index contributed by atoms with van der Waals surface area (Å²) in [6.07, 6.45) is 30.7. The molecular weight excluding hydrogens is 336 g/mol. The monoisotopic (exact) mass is 388 g/mol. The quantitative estimate of drug-likeness (QED) is 0.327. The van der Waals surface area contributed by atoms with Gasteiger partial charge in [-0.05, 0) is 86.9 Å². The maximum atomic E-state index is 2.47. The zero-order valence-corrected chi connectivity index (χ0v) is 19.6. The van der Waals surface area contributed by atoms with E-state index in [1.807, 2.05) is 0 Å². The van der Waals surface area contributed by atoms with E-state index in [-0.39, 0.29) is 0 Å². The average Bonchev–Trinajstić information content (AvgIpc) is 2.74. The molecule has 0 N–H and O–H groups in total. The van der Waals surface area contributed by atoms with E-state index >= 15 is 0 Å². The minimum Gasteiger partial charge on any atom is -0.0654 e. The van der Waals surface area contributed by atoms with Crippen LogP contribution in [0.3, 0.4) is 0 Å². The smallest absolute Gasteiger partial charge is 0.0386 e. The molecule has 3 aliphatic carbocycles. The molecule has 0 aromatic heterocycles. The van der Waals surface area contributed by atoms with Crippen molar-refractivity contribution >= 4 is 0 Å². The molecule has 164 valence electrons. The SMILES string of the molecule is CCCCCCCCCC1CCC(C2CCC(C3CCC(C)CC3)CC2)CC1. The predicted molar refractivity (Wildman–Crippen MR) is 125 cm³/mol. The Hall–Kier alpha value is 0. The minimum atomic E-state index is 1.02. The van der Waals surface area contributed by atoms with Gasteiger partial charge in [0.1, 0.15) is 0 Å². The highest BCUT2D eigenvalue weighted by atomic mass is 14.4. The van der Waals surface area contributed by atoms with Gasteiger partial charge in [0.2, 0.25) is 0 Å². The molecule has 0 aromatic rings. The van der Waals surface area contributed by atoms with Crippen molar-refractivity contribution in [2.45, 2.75) is 142 Å². The summed E-state index contributed by atoms with van der Waals surface area (Å²) in [5, 5.41) is 0. The van der Waals surface area contributed by atoms with Crippen LogP contribution in [-0.2, 0) is 0 Å². The highest BCUT2D eigenvalue weighted by Crippen LogP contribution is 2.46. The van der Waals surface area contributed by atoms with Gasteiger partial charge in [-0.15, -0.1) is 0 Å². The first-order chi connectivity index (χ1) is 13.8. The molecule has 0 aliphatic heterocycles. The van der Waals surface area contributed by atoms with Crippen LogP contribution in [0.1, 0.15) is 142 Å². The summed E-state index contributed by atoms with van der Waals surface area (Å²) in [4.78, 5) is 0. The maximum Gasteiger partial charge on any atom is -0.0386 e. The lowest BCUT2D eigenvalue weighted by Crippen LogP contribution is -2.29. The molecule has 3 rings (SSSR count). The predicted octanol–water partition coefficient (Wildman–Crippen LogP) is 9.57. The van der Waals surface area contributed by atoms with E-state index in [1.165, 1.54) is 57.8 Å². The Bertz CT molecular complexity index is 375. The molecule has 28 heavy (non-hydrogen) atoms. The van der Waals surface area contributed by atoms with E-state index in [0.29, 0.717) is 0 Å². The molecule has 0 atom stereocenters. The molecule has 0 saturated heterocycles. The topological polar surface area (TPSA) is 0 Å². The normalized spacial score (nSPS) is 37.1. The third-order valence-electron chi connectivity index (χ3n) is 9.32. The van der Waals surface area contributed by atoms with E-state index in [9.17, 15) is 0 Å². The van der Waals surface area contributed by atoms with Crippen molar-refractivity contribution in [2.75, 3.05) is 0 Å². The fraction of sp³-hybridized carbons (Fsp3) is 1.00. The molecule has 3 aliphatic rings. The fourth-order valence-electron chi connectivity index (χ4n) is 7.18. The molecule has 3 fully saturated rings. The second-order valence-corrected chi connectivity index (χ2v) is 11.4. The van der Waals surface area contributed by atoms with Crippen LogP contribution in [0.2, 0.25) is 0 Å². The highest BCUT2D eigenvalue weighted by Gasteiger charge is 2.34. The fourth-order valence-corrected chi connectivity index (χ4v) is 7.18. The third-order valence-corrected chi connectivity index (χ3v) is 9.32. The van der Waals surface area contributed by atoms with Crippen molar-refractivity contribution in [3.8, 4) is 0 Å². The van der Waals surface area contributed by atoms with Gasteiger partial charge in [0.25, 0.3) is 0 Å². The molecule has 0 bridgehead atoms. The Morgan fingerprint density at radius 3 is 1.36 bits per heavy atom. The first-order valence-corrected chi connectivity index (χ1v) is 13.8. The first kappa shape index (κ1) is 22.7. The summed E-state index contributed by atoms with van der Waals surface area (Å²) in [6, 6.07) is 0. The Morgan fingerprint density at radius 2 is 0.857 bits per heavy atom. The van der Waals surface area contributed by atoms with Crippen LogP contribution >= 0.6 is 0 Å². The van der Waals surface area contributed by atoms with Crippen LogP contribution < -0.4 is 0 Å². The van der Waals surface area contributed by atoms with Crippen molar-refractivity contribution in [2.24, 2.45) is 35.5 Å². The van der Waals surface area contributed by atoms with Gasteiger partial charge >= 0.3 is 0 Å². The average molecular weight is 389 g/mol. The summed E-state index contributed by atoms with van der Waals surface area (Å²) in [5.74, 6) is 6.54. The Morgan fingerprint density at radius 1 is 0.464 bits per heavy atom. The maximum absolute atomic E-state index is 2.47. The molecule has 0 amide bonds. The van der Waals surface area contributed by atoms with Gasteiger partial charge < -0.3 is 0 Å². The van der Waals surface area contributed by atoms with Crippen LogP contribution in [0.5, 0.6) is 0 Å². The van der Waals surface area contributed by atoms with Crippen molar-refractivity contribution in [1.82, 2.24) is 0 Å². The molecule has 0 unspecified atom stereocenters. The van der Waals surface area contributed by atoms with Crippen molar-refractivity contribution in [3.05, 3.63) is 0 Å². The van der Waals surface area contributed by atoms with E-state index in [4.69, 9.17) is 0 Å². The number of unbranched alkanes of at least 4 members (excludes halogenated alkanes) is 6. The van der Waals surface area contributed by atoms with Crippen molar-refractivity contribution in [3.63, 3.8) is 0 Å². The lowest BCUT2D eigenvalue weighted by Gasteiger charge is -2.41. The van der Waals surface area contributed by atoms with Crippen LogP contribution in [0, 0.1) is 35.5 Å². The number of rotatable bonds is 10. The van der Waals surface area contributed by atoms with Crippen LogP contribution in [-0.4, -0.2) is 0 Å². The van der Waals surface area contributed by atoms with E-state index in [0.717, 1.165) is 35.5 Å². The van der Waals surface area contributed by atoms with Crippen molar-refractivity contribution in [1.29, 1.82) is 0 Å². The first-order valence-electron chi connectivity index (χ1n) is 13.8. The molecular formula is C28H52. The van der Waals surface area contributed by atoms with Gasteiger partial charge in [0, 0.05) is 0 Å². The van der Waals surface area contributed by atoms with Crippen LogP contribution in [0.25, 0.3) is 0 Å². The third kappa shape index (κ3) is 7.36. The lowest BCUT2D eigenvalue weighted by atomic mass is 9.65. The minimum absolute atomic E-state index is 1.02. The van der Waals surface area contributed by atoms with Crippen LogP contribution in [0.4, 0.5) is 0 Å². The number of hydrogen-bond acceptors (Lipinski definition) is 0. The molecule has 3 saturated carbocycles. The Labute approximate surface area is 178 Å². The molecule has 0 nitrogen and oxygen atoms in total. The van der Waals surface area contributed by atoms with Crippen molar-refractivity contribution < 1.29 is 0 Å². The standard InChI is InChI=1S/C28H52/c1-3-4-5-6-7-8-9-10-24-13-17-26(18-14-24)28-21-19-27(20-22-28)25-15-11-23(2)12-16-25/h23-28H,3-22H2,1-2H3. The molecule has 0 aromatic carbocycles. The summed E-state index contributed by atoms with van der Waals surface area (Å²) in [5.41, 5.74) is 0. The van der Waals surface area contributed by atoms with Crippen LogP contribution in [0.15, 0.2) is 0 Å². The van der Waals surface area contributed by atoms with Gasteiger partial charge in [0.05, 0.1) is 0 Å². The molecule has 0 heteroatoms. The second-order valence-electron chi connectivity index (χ2n) is 11.4. The van der Waals surface area contributed by atoms with Gasteiger partial charge in [-0.2, -0.15) is 0 Å². The van der Waals surface area contributed by atoms with E-state index < -0.39 is 0 Å². The lowest BCUT2D eigenvalue weighted by molar-refractivity contribution is 0.105. The van der Waals surface area contributed by atoms with Gasteiger partial charge in [-0.3, -0.25) is 0 Å². The largest absolute Gasteiger partial charge is 0.0654 e. The molecule has 0 radical (unpaired) electrons. The van der Waals surface area contributed by atoms with Gasteiger partial charge in [0.15, 0.2) is 0 Å². The Kier molecular flexibility index (Phi) is 10.2. The Balaban J connectivity index is 1.24. The second kappa shape index (κ2) is 12.6. The highest BCUT2D eigenvalue weighted by molar-refractivity contribution is 4.85. The summed E-state index contributed by atoms with van der Waals surface area (Å²) >= 11 is 0. The zero-order chi connectivity index (χ0) is 19.6. The molecule has 0 spiro atoms. The summed E-state index contributed by atoms with van der Waals surface area (Å²) in [7, 11) is 0. The zero-order valence-electron chi connectivity index (χ0n) is 19.6. The summed E-state index contributed by atoms with van der Waals surface area (Å²) in [6.45, 7) is 4.79. The summed E-state index contributed by atoms with van der Waals surface area (Å²) < 4.78 is 0. The number of hydrogen-bond donors (Lipinski definition) is 0.